The molecule has 1 amide bonds. The summed E-state index contributed by atoms with van der Waals surface area (Å²) in [6.45, 7) is 2.82. The van der Waals surface area contributed by atoms with E-state index in [-0.39, 0.29) is 4.90 Å². The third kappa shape index (κ3) is 4.65. The molecular formula is C23H24N4O3S. The number of nitrogens with zero attached hydrogens (tertiary/aromatic N) is 3. The molecule has 8 heteroatoms. The lowest BCUT2D eigenvalue weighted by Crippen LogP contribution is -2.36. The van der Waals surface area contributed by atoms with Crippen LogP contribution >= 0.6 is 0 Å². The smallest absolute Gasteiger partial charge is 0.258 e. The number of carbonyl (C=O) groups excluding carboxylic acids is 1. The average molecular weight is 437 g/mol. The van der Waals surface area contributed by atoms with Crippen LogP contribution in [0.5, 0.6) is 0 Å². The van der Waals surface area contributed by atoms with Crippen LogP contribution in [0.4, 0.5) is 5.69 Å². The lowest BCUT2D eigenvalue weighted by Gasteiger charge is -2.26. The molecule has 1 aliphatic heterocycles. The van der Waals surface area contributed by atoms with Gasteiger partial charge in [0, 0.05) is 36.7 Å². The lowest BCUT2D eigenvalue weighted by molar-refractivity contribution is 0.102. The maximum Gasteiger partial charge on any atom is 0.258 e. The molecule has 1 aliphatic rings. The fourth-order valence-corrected chi connectivity index (χ4v) is 5.35. The summed E-state index contributed by atoms with van der Waals surface area (Å²) in [5, 5.41) is 2.76. The van der Waals surface area contributed by atoms with Gasteiger partial charge in [0.15, 0.2) is 5.82 Å². The van der Waals surface area contributed by atoms with Crippen LogP contribution in [0.2, 0.25) is 0 Å². The monoisotopic (exact) mass is 436 g/mol. The number of rotatable bonds is 5. The zero-order valence-electron chi connectivity index (χ0n) is 17.3. The Kier molecular flexibility index (Phi) is 6.11. The van der Waals surface area contributed by atoms with Gasteiger partial charge < -0.3 is 5.32 Å². The Morgan fingerprint density at radius 1 is 0.968 bits per heavy atom. The molecule has 1 saturated heterocycles. The molecule has 1 fully saturated rings. The van der Waals surface area contributed by atoms with Gasteiger partial charge in [-0.2, -0.15) is 4.31 Å². The van der Waals surface area contributed by atoms with Crippen molar-refractivity contribution in [3.05, 3.63) is 72.1 Å². The first-order valence-electron chi connectivity index (χ1n) is 10.2. The van der Waals surface area contributed by atoms with Crippen LogP contribution in [-0.2, 0) is 10.0 Å². The van der Waals surface area contributed by atoms with Crippen LogP contribution in [0.3, 0.4) is 0 Å². The molecular weight excluding hydrogens is 412 g/mol. The fourth-order valence-electron chi connectivity index (χ4n) is 3.58. The molecule has 0 radical (unpaired) electrons. The van der Waals surface area contributed by atoms with E-state index in [1.807, 2.05) is 30.3 Å². The van der Waals surface area contributed by atoms with E-state index in [2.05, 4.69) is 15.3 Å². The largest absolute Gasteiger partial charge is 0.322 e. The molecule has 0 unspecified atom stereocenters. The van der Waals surface area contributed by atoms with E-state index >= 15 is 0 Å². The first kappa shape index (κ1) is 21.1. The van der Waals surface area contributed by atoms with Gasteiger partial charge in [0.1, 0.15) is 0 Å². The van der Waals surface area contributed by atoms with Gasteiger partial charge in [0.2, 0.25) is 10.0 Å². The third-order valence-electron chi connectivity index (χ3n) is 5.32. The highest BCUT2D eigenvalue weighted by atomic mass is 32.2. The third-order valence-corrected chi connectivity index (χ3v) is 7.37. The Morgan fingerprint density at radius 2 is 1.65 bits per heavy atom. The Hall–Kier alpha value is -3.10. The molecule has 2 heterocycles. The Balaban J connectivity index is 1.53. The summed E-state index contributed by atoms with van der Waals surface area (Å²) in [7, 11) is -3.59. The van der Waals surface area contributed by atoms with Crippen molar-refractivity contribution in [1.29, 1.82) is 0 Å². The van der Waals surface area contributed by atoms with Crippen LogP contribution in [0.15, 0.2) is 65.8 Å². The summed E-state index contributed by atoms with van der Waals surface area (Å²) in [5.74, 6) is 0.132. The molecule has 160 valence electrons. The van der Waals surface area contributed by atoms with E-state index in [4.69, 9.17) is 0 Å². The van der Waals surface area contributed by atoms with Crippen molar-refractivity contribution in [3.63, 3.8) is 0 Å². The van der Waals surface area contributed by atoms with Crippen molar-refractivity contribution in [2.75, 3.05) is 18.4 Å². The highest BCUT2D eigenvalue weighted by molar-refractivity contribution is 7.89. The van der Waals surface area contributed by atoms with Gasteiger partial charge in [-0.05, 0) is 37.5 Å². The summed E-state index contributed by atoms with van der Waals surface area (Å²) in [6, 6.07) is 14.4. The van der Waals surface area contributed by atoms with Gasteiger partial charge in [-0.3, -0.25) is 4.79 Å². The number of nitrogens with one attached hydrogen (secondary N) is 1. The zero-order chi connectivity index (χ0) is 21.8. The lowest BCUT2D eigenvalue weighted by atomic mass is 10.2. The van der Waals surface area contributed by atoms with Crippen molar-refractivity contribution in [2.24, 2.45) is 0 Å². The Labute approximate surface area is 182 Å². The molecule has 2 aromatic carbocycles. The molecule has 0 saturated carbocycles. The van der Waals surface area contributed by atoms with Gasteiger partial charge >= 0.3 is 0 Å². The minimum absolute atomic E-state index is 0.225. The number of aryl methyl sites for hydroxylation is 1. The van der Waals surface area contributed by atoms with E-state index in [0.29, 0.717) is 35.7 Å². The molecule has 0 aliphatic carbocycles. The molecule has 0 spiro atoms. The Bertz CT molecular complexity index is 1170. The van der Waals surface area contributed by atoms with Crippen molar-refractivity contribution in [1.82, 2.24) is 14.3 Å². The topological polar surface area (TPSA) is 92.3 Å². The highest BCUT2D eigenvalue weighted by Crippen LogP contribution is 2.26. The van der Waals surface area contributed by atoms with Gasteiger partial charge in [-0.25, -0.2) is 18.4 Å². The van der Waals surface area contributed by atoms with Crippen molar-refractivity contribution in [2.45, 2.75) is 31.1 Å². The van der Waals surface area contributed by atoms with Crippen LogP contribution in [0.1, 0.15) is 35.2 Å². The maximum atomic E-state index is 13.1. The molecule has 0 atom stereocenters. The number of hydrogen-bond acceptors (Lipinski definition) is 5. The molecule has 0 bridgehead atoms. The number of piperidine rings is 1. The number of sulfonamides is 1. The van der Waals surface area contributed by atoms with E-state index in [9.17, 15) is 13.2 Å². The first-order valence-corrected chi connectivity index (χ1v) is 11.7. The second-order valence-corrected chi connectivity index (χ2v) is 9.47. The number of anilines is 1. The minimum Gasteiger partial charge on any atom is -0.322 e. The summed E-state index contributed by atoms with van der Waals surface area (Å²) in [6.07, 6.45) is 5.71. The summed E-state index contributed by atoms with van der Waals surface area (Å²) >= 11 is 0. The molecule has 1 N–H and O–H groups in total. The molecule has 4 rings (SSSR count). The second-order valence-electron chi connectivity index (χ2n) is 7.56. The molecule has 1 aromatic heterocycles. The molecule has 31 heavy (non-hydrogen) atoms. The quantitative estimate of drug-likeness (QED) is 0.655. The Morgan fingerprint density at radius 3 is 2.32 bits per heavy atom. The van der Waals surface area contributed by atoms with Gasteiger partial charge in [-0.15, -0.1) is 0 Å². The maximum absolute atomic E-state index is 13.1. The molecule has 7 nitrogen and oxygen atoms in total. The number of hydrogen-bond donors (Lipinski definition) is 1. The predicted molar refractivity (Wildman–Crippen MR) is 119 cm³/mol. The van der Waals surface area contributed by atoms with Gasteiger partial charge in [-0.1, -0.05) is 42.8 Å². The van der Waals surface area contributed by atoms with E-state index in [1.54, 1.807) is 19.1 Å². The highest BCUT2D eigenvalue weighted by Gasteiger charge is 2.27. The average Bonchev–Trinajstić information content (AvgIpc) is 2.81. The van der Waals surface area contributed by atoms with Crippen LogP contribution < -0.4 is 5.32 Å². The minimum atomic E-state index is -3.59. The summed E-state index contributed by atoms with van der Waals surface area (Å²) in [5.41, 5.74) is 2.22. The SMILES string of the molecule is Cc1ccc(NC(=O)c2cnc(-c3ccccc3)nc2)cc1S(=O)(=O)N1CCCCC1. The normalized spacial score (nSPS) is 14.9. The fraction of sp³-hybridized carbons (Fsp3) is 0.261. The van der Waals surface area contributed by atoms with Crippen LogP contribution in [-0.4, -0.2) is 41.7 Å². The summed E-state index contributed by atoms with van der Waals surface area (Å²) < 4.78 is 27.7. The van der Waals surface area contributed by atoms with E-state index < -0.39 is 15.9 Å². The van der Waals surface area contributed by atoms with Crippen molar-refractivity contribution in [3.8, 4) is 11.4 Å². The predicted octanol–water partition coefficient (Wildman–Crippen LogP) is 3.88. The zero-order valence-corrected chi connectivity index (χ0v) is 18.1. The molecule has 3 aromatic rings. The van der Waals surface area contributed by atoms with Crippen molar-refractivity contribution >= 4 is 21.6 Å². The number of carbonyl (C=O) groups is 1. The van der Waals surface area contributed by atoms with E-state index in [1.165, 1.54) is 22.8 Å². The second kappa shape index (κ2) is 8.95. The van der Waals surface area contributed by atoms with E-state index in [0.717, 1.165) is 24.8 Å². The number of benzene rings is 2. The number of aromatic nitrogens is 2. The van der Waals surface area contributed by atoms with Crippen molar-refractivity contribution < 1.29 is 13.2 Å². The standard InChI is InChI=1S/C23H24N4O3S/c1-17-10-11-20(14-21(17)31(29,30)27-12-6-3-7-13-27)26-23(28)19-15-24-22(25-16-19)18-8-4-2-5-9-18/h2,4-5,8-11,14-16H,3,6-7,12-13H2,1H3,(H,26,28). The first-order chi connectivity index (χ1) is 14.9. The van der Waals surface area contributed by atoms with Crippen LogP contribution in [0.25, 0.3) is 11.4 Å². The summed E-state index contributed by atoms with van der Waals surface area (Å²) in [4.78, 5) is 21.4. The number of amides is 1. The van der Waals surface area contributed by atoms with Gasteiger partial charge in [0.05, 0.1) is 10.5 Å². The van der Waals surface area contributed by atoms with Crippen LogP contribution in [0, 0.1) is 6.92 Å². The van der Waals surface area contributed by atoms with Gasteiger partial charge in [0.25, 0.3) is 5.91 Å².